The molecule has 0 spiro atoms. The van der Waals surface area contributed by atoms with Gasteiger partial charge in [-0.2, -0.15) is 19.9 Å². The Morgan fingerprint density at radius 3 is 1.48 bits per heavy atom. The van der Waals surface area contributed by atoms with Crippen LogP contribution >= 0.6 is 0 Å². The van der Waals surface area contributed by atoms with Gasteiger partial charge in [0.2, 0.25) is 23.5 Å². The maximum atomic E-state index is 13.5. The van der Waals surface area contributed by atoms with Gasteiger partial charge in [-0.25, -0.2) is 4.79 Å². The number of ether oxygens (including phenoxy) is 8. The summed E-state index contributed by atoms with van der Waals surface area (Å²) in [6.45, 7) is -0.0381. The minimum atomic E-state index is -0.758. The van der Waals surface area contributed by atoms with Crippen molar-refractivity contribution in [3.05, 3.63) is 65.7 Å². The summed E-state index contributed by atoms with van der Waals surface area (Å²) in [6, 6.07) is 14.4. The molecule has 208 valence electrons. The minimum absolute atomic E-state index is 0.0300. The SMILES string of the molecule is COc1ccc(COC(=O)c2c(Oc3nc(OC)cc(OC)n3)cccc2Oc2nc(OC)cc(OC)n2)cc1. The first-order chi connectivity index (χ1) is 19.5. The predicted molar refractivity (Wildman–Crippen MR) is 139 cm³/mol. The summed E-state index contributed by atoms with van der Waals surface area (Å²) in [5.74, 6) is 0.733. The predicted octanol–water partition coefficient (Wildman–Crippen LogP) is 4.25. The second-order valence-electron chi connectivity index (χ2n) is 7.73. The van der Waals surface area contributed by atoms with Gasteiger partial charge in [-0.15, -0.1) is 0 Å². The lowest BCUT2D eigenvalue weighted by atomic mass is 10.1. The molecule has 0 N–H and O–H groups in total. The number of rotatable bonds is 12. The van der Waals surface area contributed by atoms with Crippen LogP contribution in [-0.4, -0.2) is 61.5 Å². The average molecular weight is 551 g/mol. The van der Waals surface area contributed by atoms with Crippen LogP contribution in [0, 0.1) is 0 Å². The molecular formula is C27H26N4O9. The van der Waals surface area contributed by atoms with Crippen molar-refractivity contribution in [2.45, 2.75) is 6.61 Å². The van der Waals surface area contributed by atoms with Crippen LogP contribution in [0.1, 0.15) is 15.9 Å². The van der Waals surface area contributed by atoms with E-state index < -0.39 is 5.97 Å². The van der Waals surface area contributed by atoms with Crippen LogP contribution in [0.3, 0.4) is 0 Å². The number of nitrogens with zero attached hydrogens (tertiary/aromatic N) is 4. The van der Waals surface area contributed by atoms with Crippen LogP contribution in [0.5, 0.6) is 52.8 Å². The van der Waals surface area contributed by atoms with Crippen molar-refractivity contribution in [2.24, 2.45) is 0 Å². The third-order valence-corrected chi connectivity index (χ3v) is 5.28. The maximum absolute atomic E-state index is 13.5. The quantitative estimate of drug-likeness (QED) is 0.232. The Kier molecular flexibility index (Phi) is 8.97. The van der Waals surface area contributed by atoms with E-state index in [1.807, 2.05) is 0 Å². The molecule has 0 bridgehead atoms. The van der Waals surface area contributed by atoms with Crippen molar-refractivity contribution in [3.8, 4) is 52.8 Å². The number of hydrogen-bond donors (Lipinski definition) is 0. The molecule has 4 rings (SSSR count). The molecule has 0 saturated carbocycles. The van der Waals surface area contributed by atoms with E-state index >= 15 is 0 Å². The maximum Gasteiger partial charge on any atom is 0.346 e. The summed E-state index contributed by atoms with van der Waals surface area (Å²) in [6.07, 6.45) is 0. The van der Waals surface area contributed by atoms with Crippen LogP contribution in [0.15, 0.2) is 54.6 Å². The third-order valence-electron chi connectivity index (χ3n) is 5.28. The molecule has 2 heterocycles. The van der Waals surface area contributed by atoms with E-state index in [4.69, 9.17) is 37.9 Å². The molecule has 0 saturated heterocycles. The highest BCUT2D eigenvalue weighted by molar-refractivity contribution is 5.95. The van der Waals surface area contributed by atoms with Crippen molar-refractivity contribution < 1.29 is 42.7 Å². The number of esters is 1. The van der Waals surface area contributed by atoms with Gasteiger partial charge in [-0.1, -0.05) is 18.2 Å². The largest absolute Gasteiger partial charge is 0.497 e. The Labute approximate surface area is 229 Å². The second kappa shape index (κ2) is 13.0. The molecule has 0 fully saturated rings. The Balaban J connectivity index is 1.71. The van der Waals surface area contributed by atoms with E-state index in [0.717, 1.165) is 5.56 Å². The summed E-state index contributed by atoms with van der Waals surface area (Å²) in [5.41, 5.74) is 0.656. The Hall–Kier alpha value is -5.33. The number of hydrogen-bond acceptors (Lipinski definition) is 13. The summed E-state index contributed by atoms with van der Waals surface area (Å²) < 4.78 is 43.3. The number of aromatic nitrogens is 4. The molecule has 2 aromatic heterocycles. The van der Waals surface area contributed by atoms with E-state index in [-0.39, 0.29) is 59.2 Å². The van der Waals surface area contributed by atoms with Crippen molar-refractivity contribution in [1.82, 2.24) is 19.9 Å². The fraction of sp³-hybridized carbons (Fsp3) is 0.222. The molecule has 4 aromatic rings. The van der Waals surface area contributed by atoms with Crippen LogP contribution in [0.25, 0.3) is 0 Å². The molecule has 0 amide bonds. The van der Waals surface area contributed by atoms with Crippen molar-refractivity contribution >= 4 is 5.97 Å². The molecule has 0 unspecified atom stereocenters. The zero-order valence-corrected chi connectivity index (χ0v) is 22.4. The van der Waals surface area contributed by atoms with Crippen LogP contribution in [0.2, 0.25) is 0 Å². The van der Waals surface area contributed by atoms with Crippen LogP contribution in [-0.2, 0) is 11.3 Å². The van der Waals surface area contributed by atoms with Crippen molar-refractivity contribution in [1.29, 1.82) is 0 Å². The molecule has 0 aliphatic rings. The molecule has 0 radical (unpaired) electrons. The van der Waals surface area contributed by atoms with E-state index in [9.17, 15) is 4.79 Å². The van der Waals surface area contributed by atoms with Crippen molar-refractivity contribution in [2.75, 3.05) is 35.5 Å². The number of carbonyl (C=O) groups is 1. The zero-order chi connectivity index (χ0) is 28.5. The number of benzene rings is 2. The highest BCUT2D eigenvalue weighted by Crippen LogP contribution is 2.35. The van der Waals surface area contributed by atoms with Gasteiger partial charge in [0.25, 0.3) is 0 Å². The fourth-order valence-corrected chi connectivity index (χ4v) is 3.30. The lowest BCUT2D eigenvalue weighted by Crippen LogP contribution is -2.10. The summed E-state index contributed by atoms with van der Waals surface area (Å²) in [7, 11) is 7.31. The smallest absolute Gasteiger partial charge is 0.346 e. The zero-order valence-electron chi connectivity index (χ0n) is 22.4. The van der Waals surface area contributed by atoms with Crippen LogP contribution in [0.4, 0.5) is 0 Å². The lowest BCUT2D eigenvalue weighted by Gasteiger charge is -2.15. The second-order valence-corrected chi connectivity index (χ2v) is 7.73. The first-order valence-electron chi connectivity index (χ1n) is 11.7. The Bertz CT molecular complexity index is 1350. The molecule has 13 nitrogen and oxygen atoms in total. The number of methoxy groups -OCH3 is 5. The van der Waals surface area contributed by atoms with Gasteiger partial charge in [0.15, 0.2) is 0 Å². The van der Waals surface area contributed by atoms with Gasteiger partial charge in [0.05, 0.1) is 47.7 Å². The topological polar surface area (TPSA) is 142 Å². The molecular weight excluding hydrogens is 524 g/mol. The molecule has 0 aliphatic carbocycles. The summed E-state index contributed by atoms with van der Waals surface area (Å²) in [4.78, 5) is 30.1. The summed E-state index contributed by atoms with van der Waals surface area (Å²) >= 11 is 0. The standard InChI is InChI=1S/C27H26N4O9/c1-33-17-11-9-16(10-12-17)15-38-25(32)24-18(39-26-28-20(34-2)13-21(29-26)35-3)7-6-8-19(24)40-27-30-22(36-4)14-23(31-27)37-5/h6-14H,15H2,1-5H3. The Morgan fingerprint density at radius 2 is 1.07 bits per heavy atom. The van der Waals surface area contributed by atoms with Crippen molar-refractivity contribution in [3.63, 3.8) is 0 Å². The minimum Gasteiger partial charge on any atom is -0.497 e. The Morgan fingerprint density at radius 1 is 0.625 bits per heavy atom. The van der Waals surface area contributed by atoms with Crippen LogP contribution < -0.4 is 33.2 Å². The normalized spacial score (nSPS) is 10.3. The molecule has 2 aromatic carbocycles. The number of carbonyl (C=O) groups excluding carboxylic acids is 1. The van der Waals surface area contributed by atoms with Gasteiger partial charge in [0, 0.05) is 0 Å². The van der Waals surface area contributed by atoms with E-state index in [1.54, 1.807) is 37.4 Å². The highest BCUT2D eigenvalue weighted by Gasteiger charge is 2.24. The fourth-order valence-electron chi connectivity index (χ4n) is 3.30. The monoisotopic (exact) mass is 550 g/mol. The van der Waals surface area contributed by atoms with E-state index in [2.05, 4.69) is 19.9 Å². The molecule has 0 aliphatic heterocycles. The van der Waals surface area contributed by atoms with Gasteiger partial charge in [-0.3, -0.25) is 0 Å². The molecule has 13 heteroatoms. The first kappa shape index (κ1) is 27.7. The van der Waals surface area contributed by atoms with Gasteiger partial charge >= 0.3 is 18.0 Å². The van der Waals surface area contributed by atoms with E-state index in [0.29, 0.717) is 5.75 Å². The van der Waals surface area contributed by atoms with E-state index in [1.165, 1.54) is 52.7 Å². The van der Waals surface area contributed by atoms with Gasteiger partial charge < -0.3 is 37.9 Å². The first-order valence-corrected chi connectivity index (χ1v) is 11.7. The molecule has 0 atom stereocenters. The van der Waals surface area contributed by atoms with Gasteiger partial charge in [-0.05, 0) is 29.8 Å². The highest BCUT2D eigenvalue weighted by atomic mass is 16.6. The summed E-state index contributed by atoms with van der Waals surface area (Å²) in [5, 5.41) is 0. The lowest BCUT2D eigenvalue weighted by molar-refractivity contribution is 0.0466. The van der Waals surface area contributed by atoms with Gasteiger partial charge in [0.1, 0.15) is 29.4 Å². The average Bonchev–Trinajstić information content (AvgIpc) is 2.99. The molecule has 40 heavy (non-hydrogen) atoms. The third kappa shape index (κ3) is 6.75.